The van der Waals surface area contributed by atoms with Crippen molar-refractivity contribution >= 4 is 68.0 Å². The molecule has 9 rings (SSSR count). The van der Waals surface area contributed by atoms with Gasteiger partial charge in [-0.25, -0.2) is 0 Å². The van der Waals surface area contributed by atoms with Gasteiger partial charge in [-0.1, -0.05) is 91.3 Å². The van der Waals surface area contributed by atoms with E-state index in [4.69, 9.17) is 0 Å². The predicted octanol–water partition coefficient (Wildman–Crippen LogP) is 9.74. The fourth-order valence-corrected chi connectivity index (χ4v) is 9.93. The van der Waals surface area contributed by atoms with Gasteiger partial charge in [-0.05, 0) is 75.7 Å². The number of benzene rings is 5. The maximum atomic E-state index is 3.96. The first-order chi connectivity index (χ1) is 20.8. The Labute approximate surface area is 255 Å². The first kappa shape index (κ1) is 24.7. The maximum Gasteiger partial charge on any atom is 0.173 e. The zero-order valence-electron chi connectivity index (χ0n) is 23.0. The molecule has 2 bridgehead atoms. The second kappa shape index (κ2) is 9.83. The Morgan fingerprint density at radius 3 is 2.43 bits per heavy atom. The van der Waals surface area contributed by atoms with Crippen LogP contribution >= 0.6 is 23.1 Å². The first-order valence-corrected chi connectivity index (χ1v) is 16.5. The van der Waals surface area contributed by atoms with Crippen LogP contribution in [0.15, 0.2) is 126 Å². The minimum absolute atomic E-state index is 0.236. The number of thioether (sulfide) groups is 1. The summed E-state index contributed by atoms with van der Waals surface area (Å²) in [6, 6.07) is 45.0. The van der Waals surface area contributed by atoms with E-state index in [1.807, 2.05) is 11.3 Å². The zero-order valence-corrected chi connectivity index (χ0v) is 24.7. The standard InChI is InChI=1S/C37H28BN2S2/c1-2-9-23(10-3-1)24-17-19-25(20-18-24)40-31-14-8-13-30-26(31)21-22-29(36-35(40)28-12-5-7-16-33(28)41-36)38-37-34(39-30)27-11-4-6-15-32(27)42-37/h1-20,29,35-36,39H,21-22H2. The van der Waals surface area contributed by atoms with Gasteiger partial charge in [0.2, 0.25) is 0 Å². The van der Waals surface area contributed by atoms with Crippen LogP contribution in [0.25, 0.3) is 21.2 Å². The van der Waals surface area contributed by atoms with Crippen LogP contribution in [-0.4, -0.2) is 12.5 Å². The van der Waals surface area contributed by atoms with E-state index in [0.717, 1.165) is 12.8 Å². The zero-order chi connectivity index (χ0) is 27.6. The quantitative estimate of drug-likeness (QED) is 0.207. The molecule has 3 unspecified atom stereocenters. The summed E-state index contributed by atoms with van der Waals surface area (Å²) in [6.45, 7) is 0. The molecule has 5 aromatic carbocycles. The molecule has 3 aliphatic rings. The van der Waals surface area contributed by atoms with Crippen LogP contribution in [0, 0.1) is 0 Å². The van der Waals surface area contributed by atoms with E-state index in [1.165, 1.54) is 64.8 Å². The van der Waals surface area contributed by atoms with E-state index in [0.29, 0.717) is 11.1 Å². The molecule has 1 aromatic heterocycles. The Bertz CT molecular complexity index is 1950. The average molecular weight is 576 g/mol. The third-order valence-electron chi connectivity index (χ3n) is 9.15. The minimum atomic E-state index is 0.236. The normalized spacial score (nSPS) is 20.2. The molecule has 201 valence electrons. The van der Waals surface area contributed by atoms with Crippen molar-refractivity contribution in [2.75, 3.05) is 10.2 Å². The molecule has 1 N–H and O–H groups in total. The van der Waals surface area contributed by atoms with Crippen molar-refractivity contribution < 1.29 is 0 Å². The fourth-order valence-electron chi connectivity index (χ4n) is 7.20. The number of thiophene rings is 1. The first-order valence-electron chi connectivity index (χ1n) is 14.8. The largest absolute Gasteiger partial charge is 0.355 e. The lowest BCUT2D eigenvalue weighted by Gasteiger charge is -2.41. The summed E-state index contributed by atoms with van der Waals surface area (Å²) < 4.78 is 2.72. The number of fused-ring (bicyclic) bond motifs is 9. The van der Waals surface area contributed by atoms with Gasteiger partial charge < -0.3 is 10.2 Å². The Kier molecular flexibility index (Phi) is 5.77. The summed E-state index contributed by atoms with van der Waals surface area (Å²) in [5, 5.41) is 5.69. The van der Waals surface area contributed by atoms with Crippen LogP contribution < -0.4 is 15.0 Å². The highest BCUT2D eigenvalue weighted by Crippen LogP contribution is 2.57. The van der Waals surface area contributed by atoms with Crippen molar-refractivity contribution in [3.63, 3.8) is 0 Å². The molecule has 0 saturated carbocycles. The van der Waals surface area contributed by atoms with Crippen LogP contribution in [0.1, 0.15) is 23.6 Å². The highest BCUT2D eigenvalue weighted by atomic mass is 32.2. The van der Waals surface area contributed by atoms with Crippen molar-refractivity contribution in [3.8, 4) is 11.1 Å². The predicted molar refractivity (Wildman–Crippen MR) is 182 cm³/mol. The molecular weight excluding hydrogens is 547 g/mol. The lowest BCUT2D eigenvalue weighted by Crippen LogP contribution is -2.37. The molecule has 3 aliphatic heterocycles. The highest BCUT2D eigenvalue weighted by Gasteiger charge is 2.45. The summed E-state index contributed by atoms with van der Waals surface area (Å²) in [7, 11) is 2.61. The van der Waals surface area contributed by atoms with Gasteiger partial charge in [0.1, 0.15) is 0 Å². The molecule has 0 aliphatic carbocycles. The average Bonchev–Trinajstić information content (AvgIpc) is 3.59. The molecular formula is C37H28BN2S2. The Hall–Kier alpha value is -3.93. The van der Waals surface area contributed by atoms with Crippen molar-refractivity contribution in [2.24, 2.45) is 0 Å². The fraction of sp³-hybridized carbons (Fsp3) is 0.135. The van der Waals surface area contributed by atoms with Gasteiger partial charge in [-0.15, -0.1) is 23.1 Å². The number of hydrogen-bond acceptors (Lipinski definition) is 4. The molecule has 0 fully saturated rings. The van der Waals surface area contributed by atoms with Crippen LogP contribution in [0.3, 0.4) is 0 Å². The van der Waals surface area contributed by atoms with Crippen LogP contribution in [0.4, 0.5) is 22.7 Å². The van der Waals surface area contributed by atoms with Crippen molar-refractivity contribution in [1.29, 1.82) is 0 Å². The smallest absolute Gasteiger partial charge is 0.173 e. The molecule has 3 atom stereocenters. The molecule has 42 heavy (non-hydrogen) atoms. The van der Waals surface area contributed by atoms with Gasteiger partial charge in [-0.3, -0.25) is 0 Å². The molecule has 0 spiro atoms. The van der Waals surface area contributed by atoms with Crippen LogP contribution in [-0.2, 0) is 6.42 Å². The minimum Gasteiger partial charge on any atom is -0.355 e. The van der Waals surface area contributed by atoms with Crippen LogP contribution in [0.5, 0.6) is 0 Å². The molecule has 1 radical (unpaired) electrons. The number of anilines is 4. The molecule has 2 nitrogen and oxygen atoms in total. The van der Waals surface area contributed by atoms with E-state index in [1.54, 1.807) is 0 Å². The number of nitrogens with one attached hydrogen (secondary N) is 1. The summed E-state index contributed by atoms with van der Waals surface area (Å²) in [4.78, 5) is 4.08. The van der Waals surface area contributed by atoms with E-state index < -0.39 is 0 Å². The Morgan fingerprint density at radius 2 is 1.52 bits per heavy atom. The van der Waals surface area contributed by atoms with E-state index in [-0.39, 0.29) is 6.04 Å². The maximum absolute atomic E-state index is 3.96. The third-order valence-corrected chi connectivity index (χ3v) is 11.8. The lowest BCUT2D eigenvalue weighted by atomic mass is 9.58. The highest BCUT2D eigenvalue weighted by molar-refractivity contribution is 8.00. The summed E-state index contributed by atoms with van der Waals surface area (Å²) in [6.07, 6.45) is 2.19. The molecule has 4 heterocycles. The Morgan fingerprint density at radius 1 is 0.738 bits per heavy atom. The second-order valence-electron chi connectivity index (χ2n) is 11.5. The van der Waals surface area contributed by atoms with Crippen molar-refractivity contribution in [2.45, 2.75) is 34.8 Å². The molecule has 6 aromatic rings. The summed E-state index contributed by atoms with van der Waals surface area (Å²) in [5.74, 6) is 0.436. The third kappa shape index (κ3) is 3.87. The monoisotopic (exact) mass is 575 g/mol. The van der Waals surface area contributed by atoms with E-state index in [9.17, 15) is 0 Å². The summed E-state index contributed by atoms with van der Waals surface area (Å²) >= 11 is 4.01. The number of nitrogens with zero attached hydrogens (tertiary/aromatic N) is 1. The van der Waals surface area contributed by atoms with E-state index >= 15 is 0 Å². The van der Waals surface area contributed by atoms with Gasteiger partial charge in [0.25, 0.3) is 0 Å². The van der Waals surface area contributed by atoms with Gasteiger partial charge in [0.05, 0.1) is 11.7 Å². The number of rotatable bonds is 2. The molecule has 5 heteroatoms. The summed E-state index contributed by atoms with van der Waals surface area (Å²) in [5.41, 5.74) is 10.4. The van der Waals surface area contributed by atoms with Gasteiger partial charge in [0.15, 0.2) is 7.28 Å². The SMILES string of the molecule is [B]1c2sc3ccccc3c2Nc2cccc3c2CCC1C1Sc2ccccc2C1N3c1ccc(-c2ccccc2)cc1. The second-order valence-corrected chi connectivity index (χ2v) is 13.8. The topological polar surface area (TPSA) is 15.3 Å². The molecule has 0 amide bonds. The van der Waals surface area contributed by atoms with Gasteiger partial charge in [0, 0.05) is 37.3 Å². The van der Waals surface area contributed by atoms with Gasteiger partial charge in [-0.2, -0.15) is 0 Å². The van der Waals surface area contributed by atoms with Gasteiger partial charge >= 0.3 is 0 Å². The lowest BCUT2D eigenvalue weighted by molar-refractivity contribution is 0.581. The Balaban J connectivity index is 1.27. The van der Waals surface area contributed by atoms with Crippen LogP contribution in [0.2, 0.25) is 5.82 Å². The molecule has 0 saturated heterocycles. The van der Waals surface area contributed by atoms with Crippen molar-refractivity contribution in [3.05, 3.63) is 132 Å². The van der Waals surface area contributed by atoms with Crippen molar-refractivity contribution in [1.82, 2.24) is 0 Å². The van der Waals surface area contributed by atoms with E-state index in [2.05, 4.69) is 151 Å². The number of hydrogen-bond donors (Lipinski definition) is 1.